The van der Waals surface area contributed by atoms with Crippen LogP contribution in [0.3, 0.4) is 0 Å². The van der Waals surface area contributed by atoms with Crippen molar-refractivity contribution in [1.82, 2.24) is 24.7 Å². The van der Waals surface area contributed by atoms with E-state index in [0.29, 0.717) is 28.6 Å². The van der Waals surface area contributed by atoms with Crippen molar-refractivity contribution < 1.29 is 9.53 Å². The fourth-order valence-corrected chi connectivity index (χ4v) is 2.92. The lowest BCUT2D eigenvalue weighted by Crippen LogP contribution is -2.22. The van der Waals surface area contributed by atoms with Gasteiger partial charge in [-0.05, 0) is 71.7 Å². The Morgan fingerprint density at radius 2 is 1.81 bits per heavy atom. The van der Waals surface area contributed by atoms with Crippen molar-refractivity contribution in [2.24, 2.45) is 0 Å². The minimum Gasteiger partial charge on any atom is -0.465 e. The van der Waals surface area contributed by atoms with Crippen LogP contribution in [-0.2, 0) is 18.0 Å². The van der Waals surface area contributed by atoms with E-state index in [1.54, 1.807) is 33.6 Å². The molecular weight excluding hydrogens is 386 g/mol. The second kappa shape index (κ2) is 8.43. The average Bonchev–Trinajstić information content (AvgIpc) is 3.02. The van der Waals surface area contributed by atoms with Gasteiger partial charge in [0.25, 0.3) is 0 Å². The maximum Gasteiger partial charge on any atom is 0.337 e. The quantitative estimate of drug-likeness (QED) is 0.464. The predicted octanol–water partition coefficient (Wildman–Crippen LogP) is 3.33. The normalized spacial score (nSPS) is 11.0. The molecular formula is C18H18ClN5O2S. The molecule has 0 spiro atoms. The fourth-order valence-electron chi connectivity index (χ4n) is 2.56. The molecule has 0 atom stereocenters. The summed E-state index contributed by atoms with van der Waals surface area (Å²) in [6, 6.07) is 14.5. The third-order valence-electron chi connectivity index (χ3n) is 3.91. The Labute approximate surface area is 166 Å². The molecule has 9 heteroatoms. The molecule has 0 aliphatic carbocycles. The van der Waals surface area contributed by atoms with Gasteiger partial charge in [0.15, 0.2) is 0 Å². The summed E-state index contributed by atoms with van der Waals surface area (Å²) in [6.45, 7) is 1.14. The number of ether oxygens (including phenoxy) is 1. The van der Waals surface area contributed by atoms with Crippen molar-refractivity contribution in [3.05, 3.63) is 69.5 Å². The smallest absolute Gasteiger partial charge is 0.337 e. The van der Waals surface area contributed by atoms with Gasteiger partial charge in [-0.1, -0.05) is 23.7 Å². The van der Waals surface area contributed by atoms with Crippen LogP contribution in [0.5, 0.6) is 0 Å². The summed E-state index contributed by atoms with van der Waals surface area (Å²) in [5.74, 6) is -0.347. The van der Waals surface area contributed by atoms with E-state index in [1.807, 2.05) is 36.2 Å². The number of benzene rings is 2. The maximum atomic E-state index is 11.5. The highest BCUT2D eigenvalue weighted by Crippen LogP contribution is 2.13. The second-order valence-corrected chi connectivity index (χ2v) is 6.79. The number of rotatable bonds is 6. The first-order valence-electron chi connectivity index (χ1n) is 8.12. The van der Waals surface area contributed by atoms with Crippen molar-refractivity contribution in [3.8, 4) is 5.69 Å². The molecule has 2 aromatic carbocycles. The van der Waals surface area contributed by atoms with Gasteiger partial charge >= 0.3 is 5.97 Å². The molecule has 0 saturated carbocycles. The van der Waals surface area contributed by atoms with Crippen molar-refractivity contribution in [1.29, 1.82) is 0 Å². The number of carbonyl (C=O) groups is 1. The minimum absolute atomic E-state index is 0.347. The number of halogens is 1. The van der Waals surface area contributed by atoms with Gasteiger partial charge in [0.05, 0.1) is 25.0 Å². The fraction of sp³-hybridized carbons (Fsp3) is 0.222. The Hall–Kier alpha value is -2.55. The van der Waals surface area contributed by atoms with Crippen LogP contribution >= 0.6 is 23.8 Å². The van der Waals surface area contributed by atoms with Crippen molar-refractivity contribution in [3.63, 3.8) is 0 Å². The maximum absolute atomic E-state index is 11.5. The summed E-state index contributed by atoms with van der Waals surface area (Å²) in [7, 11) is 3.32. The highest BCUT2D eigenvalue weighted by Gasteiger charge is 2.09. The van der Waals surface area contributed by atoms with Gasteiger partial charge in [-0.3, -0.25) is 4.90 Å². The van der Waals surface area contributed by atoms with Gasteiger partial charge in [0, 0.05) is 11.6 Å². The van der Waals surface area contributed by atoms with Gasteiger partial charge < -0.3 is 4.74 Å². The summed E-state index contributed by atoms with van der Waals surface area (Å²) >= 11 is 11.4. The Balaban J connectivity index is 1.68. The summed E-state index contributed by atoms with van der Waals surface area (Å²) in [6.07, 6.45) is 0. The molecule has 0 fully saturated rings. The van der Waals surface area contributed by atoms with Crippen LogP contribution in [0.4, 0.5) is 0 Å². The first kappa shape index (κ1) is 19.2. The standard InChI is InChI=1S/C18H18ClN5O2S/c1-22(11-13-3-5-14(6-4-13)17(25)26-2)12-23-18(27)24(21-20-23)16-9-7-15(19)8-10-16/h3-10H,11-12H2,1-2H3. The van der Waals surface area contributed by atoms with E-state index in [2.05, 4.69) is 10.4 Å². The largest absolute Gasteiger partial charge is 0.465 e. The van der Waals surface area contributed by atoms with Gasteiger partial charge in [-0.25, -0.2) is 9.48 Å². The highest BCUT2D eigenvalue weighted by atomic mass is 35.5. The van der Waals surface area contributed by atoms with Crippen LogP contribution in [0.2, 0.25) is 5.02 Å². The van der Waals surface area contributed by atoms with Crippen LogP contribution in [0.25, 0.3) is 5.69 Å². The molecule has 0 radical (unpaired) electrons. The lowest BCUT2D eigenvalue weighted by molar-refractivity contribution is 0.0600. The number of aromatic nitrogens is 4. The summed E-state index contributed by atoms with van der Waals surface area (Å²) in [4.78, 5) is 13.5. The number of nitrogens with zero attached hydrogens (tertiary/aromatic N) is 5. The van der Waals surface area contributed by atoms with E-state index in [0.717, 1.165) is 11.3 Å². The molecule has 1 heterocycles. The van der Waals surface area contributed by atoms with Crippen LogP contribution in [0, 0.1) is 4.77 Å². The van der Waals surface area contributed by atoms with Gasteiger partial charge in [0.1, 0.15) is 0 Å². The van der Waals surface area contributed by atoms with E-state index in [4.69, 9.17) is 28.6 Å². The molecule has 0 aliphatic heterocycles. The summed E-state index contributed by atoms with van der Waals surface area (Å²) in [5.41, 5.74) is 2.38. The SMILES string of the molecule is COC(=O)c1ccc(CN(C)Cn2nnn(-c3ccc(Cl)cc3)c2=S)cc1. The third-order valence-corrected chi connectivity index (χ3v) is 4.55. The number of hydrogen-bond donors (Lipinski definition) is 0. The zero-order valence-corrected chi connectivity index (χ0v) is 16.4. The average molecular weight is 404 g/mol. The number of tetrazole rings is 1. The number of esters is 1. The molecule has 3 rings (SSSR count). The molecule has 0 saturated heterocycles. The van der Waals surface area contributed by atoms with E-state index >= 15 is 0 Å². The molecule has 0 aliphatic rings. The lowest BCUT2D eigenvalue weighted by atomic mass is 10.1. The molecule has 0 amide bonds. The molecule has 27 heavy (non-hydrogen) atoms. The van der Waals surface area contributed by atoms with Crippen molar-refractivity contribution >= 4 is 29.8 Å². The number of methoxy groups -OCH3 is 1. The first-order chi connectivity index (χ1) is 13.0. The first-order valence-corrected chi connectivity index (χ1v) is 8.91. The van der Waals surface area contributed by atoms with Crippen LogP contribution < -0.4 is 0 Å². The molecule has 0 unspecified atom stereocenters. The third kappa shape index (κ3) is 4.60. The van der Waals surface area contributed by atoms with E-state index < -0.39 is 0 Å². The molecule has 3 aromatic rings. The van der Waals surface area contributed by atoms with Crippen LogP contribution in [0.15, 0.2) is 48.5 Å². The highest BCUT2D eigenvalue weighted by molar-refractivity contribution is 7.71. The number of hydrogen-bond acceptors (Lipinski definition) is 6. The zero-order chi connectivity index (χ0) is 19.4. The Morgan fingerprint density at radius 3 is 2.44 bits per heavy atom. The van der Waals surface area contributed by atoms with Gasteiger partial charge in [0.2, 0.25) is 4.77 Å². The van der Waals surface area contributed by atoms with E-state index in [1.165, 1.54) is 7.11 Å². The number of carbonyl (C=O) groups excluding carboxylic acids is 1. The molecule has 7 nitrogen and oxygen atoms in total. The zero-order valence-electron chi connectivity index (χ0n) is 14.9. The molecule has 1 aromatic heterocycles. The Kier molecular flexibility index (Phi) is 6.00. The van der Waals surface area contributed by atoms with Crippen molar-refractivity contribution in [2.75, 3.05) is 14.2 Å². The second-order valence-electron chi connectivity index (χ2n) is 5.99. The van der Waals surface area contributed by atoms with Gasteiger partial charge in [-0.15, -0.1) is 0 Å². The van der Waals surface area contributed by atoms with Gasteiger partial charge in [-0.2, -0.15) is 4.68 Å². The van der Waals surface area contributed by atoms with Crippen molar-refractivity contribution in [2.45, 2.75) is 13.2 Å². The molecule has 0 N–H and O–H groups in total. The molecule has 140 valence electrons. The van der Waals surface area contributed by atoms with Crippen LogP contribution in [0.1, 0.15) is 15.9 Å². The summed E-state index contributed by atoms with van der Waals surface area (Å²) < 4.78 is 8.43. The van der Waals surface area contributed by atoms with E-state index in [9.17, 15) is 4.79 Å². The Morgan fingerprint density at radius 1 is 1.15 bits per heavy atom. The predicted molar refractivity (Wildman–Crippen MR) is 104 cm³/mol. The summed E-state index contributed by atoms with van der Waals surface area (Å²) in [5, 5.41) is 8.90. The van der Waals surface area contributed by atoms with E-state index in [-0.39, 0.29) is 5.97 Å². The Bertz CT molecular complexity index is 982. The minimum atomic E-state index is -0.347. The monoisotopic (exact) mass is 403 g/mol. The molecule has 0 bridgehead atoms. The lowest BCUT2D eigenvalue weighted by Gasteiger charge is -2.16. The van der Waals surface area contributed by atoms with Crippen LogP contribution in [-0.4, -0.2) is 44.8 Å². The topological polar surface area (TPSA) is 65.2 Å².